The van der Waals surface area contributed by atoms with Crippen LogP contribution in [0, 0.1) is 0 Å². The van der Waals surface area contributed by atoms with E-state index in [1.54, 1.807) is 36.0 Å². The topological polar surface area (TPSA) is 75.7 Å². The molecule has 0 saturated heterocycles. The van der Waals surface area contributed by atoms with E-state index in [2.05, 4.69) is 5.32 Å². The summed E-state index contributed by atoms with van der Waals surface area (Å²) >= 11 is 7.70. The van der Waals surface area contributed by atoms with E-state index >= 15 is 0 Å². The van der Waals surface area contributed by atoms with Crippen LogP contribution in [-0.4, -0.2) is 46.0 Å². The second kappa shape index (κ2) is 11.5. The molecular weight excluding hydrogens is 444 g/mol. The molecule has 2 aromatic rings. The first-order valence-corrected chi connectivity index (χ1v) is 12.9. The minimum Gasteiger partial charge on any atom is -0.481 e. The Hall–Kier alpha value is -1.90. The largest absolute Gasteiger partial charge is 0.481 e. The summed E-state index contributed by atoms with van der Waals surface area (Å²) in [5.74, 6) is 1.95. The highest BCUT2D eigenvalue weighted by Gasteiger charge is 2.18. The smallest absolute Gasteiger partial charge is 0.261 e. The number of amides is 1. The molecule has 0 bridgehead atoms. The lowest BCUT2D eigenvalue weighted by Gasteiger charge is -2.19. The number of ether oxygens (including phenoxy) is 1. The Kier molecular flexibility index (Phi) is 9.33. The molecule has 2 rings (SSSR count). The van der Waals surface area contributed by atoms with Gasteiger partial charge in [0.2, 0.25) is 10.0 Å². The number of benzene rings is 2. The number of anilines is 1. The Morgan fingerprint density at radius 3 is 2.53 bits per heavy atom. The van der Waals surface area contributed by atoms with Crippen LogP contribution in [0.3, 0.4) is 0 Å². The van der Waals surface area contributed by atoms with E-state index in [-0.39, 0.29) is 5.91 Å². The highest BCUT2D eigenvalue weighted by Crippen LogP contribution is 2.21. The van der Waals surface area contributed by atoms with Crippen molar-refractivity contribution in [1.82, 2.24) is 5.32 Å². The van der Waals surface area contributed by atoms with E-state index in [9.17, 15) is 13.2 Å². The van der Waals surface area contributed by atoms with Gasteiger partial charge in [0, 0.05) is 30.1 Å². The van der Waals surface area contributed by atoms with Gasteiger partial charge in [0.1, 0.15) is 5.75 Å². The van der Waals surface area contributed by atoms with Gasteiger partial charge in [-0.1, -0.05) is 30.7 Å². The van der Waals surface area contributed by atoms with Gasteiger partial charge in [0.25, 0.3) is 5.91 Å². The van der Waals surface area contributed by atoms with Crippen LogP contribution in [0.5, 0.6) is 5.75 Å². The molecular formula is C21H27ClN2O4S2. The van der Waals surface area contributed by atoms with E-state index in [1.165, 1.54) is 11.4 Å². The zero-order valence-electron chi connectivity index (χ0n) is 17.3. The minimum absolute atomic E-state index is 0.168. The molecule has 1 amide bonds. The Bertz CT molecular complexity index is 936. The van der Waals surface area contributed by atoms with Crippen molar-refractivity contribution in [2.45, 2.75) is 25.2 Å². The van der Waals surface area contributed by atoms with Gasteiger partial charge in [-0.05, 0) is 48.4 Å². The van der Waals surface area contributed by atoms with Crippen molar-refractivity contribution in [3.05, 3.63) is 59.1 Å². The number of halogens is 1. The van der Waals surface area contributed by atoms with E-state index in [0.29, 0.717) is 24.4 Å². The monoisotopic (exact) mass is 470 g/mol. The molecule has 6 nitrogen and oxygen atoms in total. The summed E-state index contributed by atoms with van der Waals surface area (Å²) in [5.41, 5.74) is 1.68. The third kappa shape index (κ3) is 7.74. The molecule has 164 valence electrons. The Balaban J connectivity index is 1.79. The molecule has 1 atom stereocenters. The van der Waals surface area contributed by atoms with Gasteiger partial charge in [0.15, 0.2) is 6.10 Å². The molecule has 0 aliphatic rings. The number of nitrogens with one attached hydrogen (secondary N) is 1. The number of carbonyl (C=O) groups is 1. The summed E-state index contributed by atoms with van der Waals surface area (Å²) in [5, 5.41) is 3.63. The van der Waals surface area contributed by atoms with E-state index in [0.717, 1.165) is 28.3 Å². The molecule has 0 fully saturated rings. The van der Waals surface area contributed by atoms with E-state index < -0.39 is 16.1 Å². The van der Waals surface area contributed by atoms with Crippen LogP contribution in [-0.2, 0) is 20.6 Å². The summed E-state index contributed by atoms with van der Waals surface area (Å²) in [6, 6.07) is 14.3. The lowest BCUT2D eigenvalue weighted by atomic mass is 10.2. The Morgan fingerprint density at radius 1 is 1.23 bits per heavy atom. The van der Waals surface area contributed by atoms with Crippen LogP contribution in [0.1, 0.15) is 18.9 Å². The highest BCUT2D eigenvalue weighted by atomic mass is 35.5. The number of nitrogens with zero attached hydrogens (tertiary/aromatic N) is 1. The van der Waals surface area contributed by atoms with Crippen LogP contribution < -0.4 is 14.4 Å². The van der Waals surface area contributed by atoms with Gasteiger partial charge in [-0.15, -0.1) is 0 Å². The second-order valence-corrected chi connectivity index (χ2v) is 10.3. The summed E-state index contributed by atoms with van der Waals surface area (Å²) in [6.07, 6.45) is 1.05. The van der Waals surface area contributed by atoms with Gasteiger partial charge >= 0.3 is 0 Å². The average Bonchev–Trinajstić information content (AvgIpc) is 2.71. The standard InChI is InChI=1S/C21H27ClN2O4S2/c1-4-20(28-19-10-8-18(9-11-19)24(2)30(3,26)27)21(25)23-12-13-29-15-16-6-5-7-17(22)14-16/h5-11,14,20H,4,12-13,15H2,1-3H3,(H,23,25)/t20-/m1/s1. The number of carbonyl (C=O) groups excluding carboxylic acids is 1. The SMILES string of the molecule is CC[C@@H](Oc1ccc(N(C)S(C)(=O)=O)cc1)C(=O)NCCSCc1cccc(Cl)c1. The van der Waals surface area contributed by atoms with Gasteiger partial charge in [-0.2, -0.15) is 11.8 Å². The molecule has 9 heteroatoms. The van der Waals surface area contributed by atoms with Crippen molar-refractivity contribution in [1.29, 1.82) is 0 Å². The summed E-state index contributed by atoms with van der Waals surface area (Å²) in [4.78, 5) is 12.4. The molecule has 0 radical (unpaired) electrons. The van der Waals surface area contributed by atoms with Crippen LogP contribution in [0.4, 0.5) is 5.69 Å². The van der Waals surface area contributed by atoms with Crippen molar-refractivity contribution in [3.63, 3.8) is 0 Å². The first-order valence-electron chi connectivity index (χ1n) is 9.51. The van der Waals surface area contributed by atoms with Gasteiger partial charge in [-0.3, -0.25) is 9.10 Å². The maximum Gasteiger partial charge on any atom is 0.261 e. The third-order valence-corrected chi connectivity index (χ3v) is 6.81. The number of rotatable bonds is 11. The number of thioether (sulfide) groups is 1. The van der Waals surface area contributed by atoms with Crippen molar-refractivity contribution in [2.75, 3.05) is 29.9 Å². The quantitative estimate of drug-likeness (QED) is 0.503. The maximum absolute atomic E-state index is 12.4. The predicted molar refractivity (Wildman–Crippen MR) is 125 cm³/mol. The van der Waals surface area contributed by atoms with E-state index in [4.69, 9.17) is 16.3 Å². The minimum atomic E-state index is -3.33. The molecule has 1 N–H and O–H groups in total. The van der Waals surface area contributed by atoms with Gasteiger partial charge in [0.05, 0.1) is 11.9 Å². The van der Waals surface area contributed by atoms with Crippen LogP contribution >= 0.6 is 23.4 Å². The molecule has 0 aliphatic carbocycles. The fourth-order valence-corrected chi connectivity index (χ4v) is 4.11. The third-order valence-electron chi connectivity index (χ3n) is 4.34. The fourth-order valence-electron chi connectivity index (χ4n) is 2.59. The fraction of sp³-hybridized carbons (Fsp3) is 0.381. The predicted octanol–water partition coefficient (Wildman–Crippen LogP) is 3.94. The molecule has 0 spiro atoms. The zero-order chi connectivity index (χ0) is 22.1. The van der Waals surface area contributed by atoms with E-state index in [1.807, 2.05) is 31.2 Å². The normalized spacial score (nSPS) is 12.3. The molecule has 30 heavy (non-hydrogen) atoms. The van der Waals surface area contributed by atoms with Crippen LogP contribution in [0.2, 0.25) is 5.02 Å². The molecule has 0 aliphatic heterocycles. The maximum atomic E-state index is 12.4. The summed E-state index contributed by atoms with van der Waals surface area (Å²) < 4.78 is 30.2. The van der Waals surface area contributed by atoms with Gasteiger partial charge < -0.3 is 10.1 Å². The highest BCUT2D eigenvalue weighted by molar-refractivity contribution is 7.98. The van der Waals surface area contributed by atoms with Crippen molar-refractivity contribution in [3.8, 4) is 5.75 Å². The molecule has 0 aromatic heterocycles. The lowest BCUT2D eigenvalue weighted by Crippen LogP contribution is -2.39. The second-order valence-electron chi connectivity index (χ2n) is 6.71. The first kappa shape index (κ1) is 24.4. The summed E-state index contributed by atoms with van der Waals surface area (Å²) in [6.45, 7) is 2.42. The summed E-state index contributed by atoms with van der Waals surface area (Å²) in [7, 11) is -1.84. The van der Waals surface area contributed by atoms with Crippen LogP contribution in [0.25, 0.3) is 0 Å². The lowest BCUT2D eigenvalue weighted by molar-refractivity contribution is -0.127. The number of hydrogen-bond acceptors (Lipinski definition) is 5. The molecule has 0 saturated carbocycles. The first-order chi connectivity index (χ1) is 14.2. The number of sulfonamides is 1. The van der Waals surface area contributed by atoms with Crippen molar-refractivity contribution >= 4 is 45.0 Å². The average molecular weight is 471 g/mol. The molecule has 0 unspecified atom stereocenters. The van der Waals surface area contributed by atoms with Crippen molar-refractivity contribution < 1.29 is 17.9 Å². The van der Waals surface area contributed by atoms with Crippen LogP contribution in [0.15, 0.2) is 48.5 Å². The molecule has 2 aromatic carbocycles. The number of hydrogen-bond donors (Lipinski definition) is 1. The van der Waals surface area contributed by atoms with Gasteiger partial charge in [-0.25, -0.2) is 8.42 Å². The van der Waals surface area contributed by atoms with Crippen molar-refractivity contribution in [2.24, 2.45) is 0 Å². The zero-order valence-corrected chi connectivity index (χ0v) is 19.7. The Labute approximate surface area is 188 Å². The Morgan fingerprint density at radius 2 is 1.93 bits per heavy atom. The molecule has 0 heterocycles.